The number of rotatable bonds is 8. The van der Waals surface area contributed by atoms with Gasteiger partial charge in [0, 0.05) is 25.3 Å². The molecule has 3 heterocycles. The monoisotopic (exact) mass is 500 g/mol. The van der Waals surface area contributed by atoms with Crippen LogP contribution in [0.3, 0.4) is 0 Å². The molecule has 4 rings (SSSR count). The fourth-order valence-corrected chi connectivity index (χ4v) is 3.87. The van der Waals surface area contributed by atoms with E-state index in [0.29, 0.717) is 18.1 Å². The van der Waals surface area contributed by atoms with E-state index in [1.807, 2.05) is 4.90 Å². The molecule has 0 bridgehead atoms. The van der Waals surface area contributed by atoms with Crippen molar-refractivity contribution in [1.29, 1.82) is 0 Å². The Balaban J connectivity index is 1.28. The van der Waals surface area contributed by atoms with Crippen molar-refractivity contribution in [2.75, 3.05) is 18.1 Å². The molecular weight excluding hydrogens is 481 g/mol. The van der Waals surface area contributed by atoms with E-state index < -0.39 is 22.9 Å². The van der Waals surface area contributed by atoms with Gasteiger partial charge in [0.2, 0.25) is 0 Å². The number of alkyl halides is 3. The number of ether oxygens (including phenoxy) is 1. The number of nitrogens with zero attached hydrogens (tertiary/aromatic N) is 6. The van der Waals surface area contributed by atoms with Crippen molar-refractivity contribution in [3.05, 3.63) is 63.6 Å². The van der Waals surface area contributed by atoms with Gasteiger partial charge >= 0.3 is 17.3 Å². The number of imidazole rings is 2. The van der Waals surface area contributed by atoms with Crippen LogP contribution in [0, 0.1) is 10.1 Å². The van der Waals surface area contributed by atoms with Crippen LogP contribution in [0.25, 0.3) is 0 Å². The van der Waals surface area contributed by atoms with Crippen LogP contribution in [0.4, 0.5) is 24.7 Å². The van der Waals surface area contributed by atoms with E-state index in [4.69, 9.17) is 16.3 Å². The first-order chi connectivity index (χ1) is 16.1. The Morgan fingerprint density at radius 3 is 2.65 bits per heavy atom. The van der Waals surface area contributed by atoms with Gasteiger partial charge in [-0.3, -0.25) is 4.57 Å². The summed E-state index contributed by atoms with van der Waals surface area (Å²) >= 11 is 5.85. The summed E-state index contributed by atoms with van der Waals surface area (Å²) in [5.74, 6) is 0.497. The molecule has 1 atom stereocenters. The standard InChI is InChI=1S/C20H20ClF3N6O4/c21-19-26-18(30(32)33)11-28(19)6-5-14(31)12-34-15-3-1-13(2-4-15)27-7-8-29-16(20(22,23)24)9-25-17(29)10-27/h1-4,9,11,14,31H,5-8,10,12H2/t14-/m1/s1. The fourth-order valence-electron chi connectivity index (χ4n) is 3.65. The molecule has 2 aromatic heterocycles. The van der Waals surface area contributed by atoms with Gasteiger partial charge in [-0.1, -0.05) is 0 Å². The van der Waals surface area contributed by atoms with Crippen molar-refractivity contribution in [3.63, 3.8) is 0 Å². The highest BCUT2D eigenvalue weighted by atomic mass is 35.5. The molecule has 34 heavy (non-hydrogen) atoms. The fraction of sp³-hybridized carbons (Fsp3) is 0.400. The minimum absolute atomic E-state index is 0.00484. The smallest absolute Gasteiger partial charge is 0.433 e. The molecule has 0 aliphatic carbocycles. The molecule has 1 N–H and O–H groups in total. The Morgan fingerprint density at radius 1 is 1.26 bits per heavy atom. The van der Waals surface area contributed by atoms with E-state index in [-0.39, 0.29) is 43.8 Å². The van der Waals surface area contributed by atoms with E-state index in [0.717, 1.165) is 11.9 Å². The van der Waals surface area contributed by atoms with Gasteiger partial charge in [0.1, 0.15) is 30.1 Å². The molecular formula is C20H20ClF3N6O4. The number of hydrogen-bond acceptors (Lipinski definition) is 7. The third-order valence-corrected chi connectivity index (χ3v) is 5.71. The highest BCUT2D eigenvalue weighted by molar-refractivity contribution is 6.28. The maximum atomic E-state index is 13.0. The largest absolute Gasteiger partial charge is 0.491 e. The Morgan fingerprint density at radius 2 is 2.00 bits per heavy atom. The van der Waals surface area contributed by atoms with Gasteiger partial charge in [-0.25, -0.2) is 4.98 Å². The number of fused-ring (bicyclic) bond motifs is 1. The van der Waals surface area contributed by atoms with Gasteiger partial charge in [-0.15, -0.1) is 0 Å². The molecule has 0 fully saturated rings. The normalized spacial score (nSPS) is 14.7. The van der Waals surface area contributed by atoms with Crippen LogP contribution in [0.2, 0.25) is 5.28 Å². The summed E-state index contributed by atoms with van der Waals surface area (Å²) < 4.78 is 47.3. The van der Waals surface area contributed by atoms with Crippen molar-refractivity contribution >= 4 is 23.1 Å². The van der Waals surface area contributed by atoms with E-state index in [9.17, 15) is 28.4 Å². The lowest BCUT2D eigenvalue weighted by atomic mass is 10.2. The van der Waals surface area contributed by atoms with Crippen molar-refractivity contribution in [2.45, 2.75) is 38.3 Å². The number of benzene rings is 1. The molecule has 182 valence electrons. The molecule has 0 spiro atoms. The Kier molecular flexibility index (Phi) is 6.66. The molecule has 1 aliphatic rings. The van der Waals surface area contributed by atoms with Gasteiger partial charge < -0.3 is 29.4 Å². The van der Waals surface area contributed by atoms with Crippen LogP contribution >= 0.6 is 11.6 Å². The molecule has 0 saturated heterocycles. The summed E-state index contributed by atoms with van der Waals surface area (Å²) in [6, 6.07) is 6.99. The van der Waals surface area contributed by atoms with Gasteiger partial charge in [0.25, 0.3) is 0 Å². The van der Waals surface area contributed by atoms with Crippen LogP contribution in [-0.4, -0.2) is 48.4 Å². The number of aromatic nitrogens is 4. The van der Waals surface area contributed by atoms with Crippen molar-refractivity contribution in [2.24, 2.45) is 0 Å². The molecule has 0 radical (unpaired) electrons. The Labute approximate surface area is 196 Å². The zero-order valence-corrected chi connectivity index (χ0v) is 18.4. The van der Waals surface area contributed by atoms with Crippen LogP contribution in [0.5, 0.6) is 5.75 Å². The zero-order valence-electron chi connectivity index (χ0n) is 17.7. The SMILES string of the molecule is O=[N+]([O-])c1cn(CC[C@@H](O)COc2ccc(N3CCn4c(C(F)(F)F)cnc4C3)cc2)c(Cl)n1. The summed E-state index contributed by atoms with van der Waals surface area (Å²) in [6.07, 6.45) is -2.97. The predicted molar refractivity (Wildman–Crippen MR) is 115 cm³/mol. The lowest BCUT2D eigenvalue weighted by Crippen LogP contribution is -2.35. The third kappa shape index (κ3) is 5.25. The average Bonchev–Trinajstić information content (AvgIpc) is 3.39. The topological polar surface area (TPSA) is 111 Å². The van der Waals surface area contributed by atoms with Crippen molar-refractivity contribution < 1.29 is 27.9 Å². The number of halogens is 4. The lowest BCUT2D eigenvalue weighted by Gasteiger charge is -2.30. The number of aryl methyl sites for hydroxylation is 1. The molecule has 1 aromatic carbocycles. The zero-order chi connectivity index (χ0) is 24.5. The lowest BCUT2D eigenvalue weighted by molar-refractivity contribution is -0.389. The summed E-state index contributed by atoms with van der Waals surface area (Å²) in [6.45, 7) is 1.06. The summed E-state index contributed by atoms with van der Waals surface area (Å²) in [4.78, 5) is 19.5. The highest BCUT2D eigenvalue weighted by Gasteiger charge is 2.37. The first kappa shape index (κ1) is 23.8. The predicted octanol–water partition coefficient (Wildman–Crippen LogP) is 3.51. The minimum Gasteiger partial charge on any atom is -0.491 e. The van der Waals surface area contributed by atoms with Gasteiger partial charge in [0.05, 0.1) is 18.8 Å². The van der Waals surface area contributed by atoms with Crippen LogP contribution in [-0.2, 0) is 25.8 Å². The van der Waals surface area contributed by atoms with Crippen molar-refractivity contribution in [1.82, 2.24) is 19.1 Å². The number of aliphatic hydroxyl groups is 1. The molecule has 0 unspecified atom stereocenters. The summed E-state index contributed by atoms with van der Waals surface area (Å²) in [5.41, 5.74) is 0.0741. The van der Waals surface area contributed by atoms with E-state index >= 15 is 0 Å². The molecule has 0 amide bonds. The Bertz CT molecular complexity index is 1160. The average molecular weight is 501 g/mol. The van der Waals surface area contributed by atoms with E-state index in [1.54, 1.807) is 24.3 Å². The van der Waals surface area contributed by atoms with Gasteiger partial charge in [-0.2, -0.15) is 13.2 Å². The number of hydrogen-bond donors (Lipinski definition) is 1. The maximum Gasteiger partial charge on any atom is 0.433 e. The Hall–Kier alpha value is -3.32. The second kappa shape index (κ2) is 9.50. The molecule has 14 heteroatoms. The molecule has 1 aliphatic heterocycles. The third-order valence-electron chi connectivity index (χ3n) is 5.40. The van der Waals surface area contributed by atoms with Crippen LogP contribution in [0.15, 0.2) is 36.7 Å². The van der Waals surface area contributed by atoms with E-state index in [1.165, 1.54) is 15.3 Å². The quantitative estimate of drug-likeness (QED) is 0.372. The first-order valence-electron chi connectivity index (χ1n) is 10.3. The maximum absolute atomic E-state index is 13.0. The van der Waals surface area contributed by atoms with Gasteiger partial charge in [0.15, 0.2) is 0 Å². The second-order valence-electron chi connectivity index (χ2n) is 7.70. The summed E-state index contributed by atoms with van der Waals surface area (Å²) in [7, 11) is 0. The first-order valence-corrected chi connectivity index (χ1v) is 10.6. The van der Waals surface area contributed by atoms with Gasteiger partial charge in [-0.05, 0) is 52.2 Å². The second-order valence-corrected chi connectivity index (χ2v) is 8.03. The molecule has 3 aromatic rings. The van der Waals surface area contributed by atoms with E-state index in [2.05, 4.69) is 9.97 Å². The molecule has 0 saturated carbocycles. The summed E-state index contributed by atoms with van der Waals surface area (Å²) in [5, 5.41) is 20.9. The highest BCUT2D eigenvalue weighted by Crippen LogP contribution is 2.32. The number of aliphatic hydroxyl groups excluding tert-OH is 1. The number of nitro groups is 1. The van der Waals surface area contributed by atoms with Crippen LogP contribution < -0.4 is 9.64 Å². The number of anilines is 1. The minimum atomic E-state index is -4.43. The van der Waals surface area contributed by atoms with Crippen molar-refractivity contribution in [3.8, 4) is 5.75 Å². The van der Waals surface area contributed by atoms with Crippen LogP contribution in [0.1, 0.15) is 17.9 Å². The molecule has 10 nitrogen and oxygen atoms in total.